The second kappa shape index (κ2) is 11.3. The summed E-state index contributed by atoms with van der Waals surface area (Å²) in [6, 6.07) is 0. The lowest BCUT2D eigenvalue weighted by Crippen LogP contribution is -2.03. The van der Waals surface area contributed by atoms with Gasteiger partial charge >= 0.3 is 5.97 Å². The molecule has 0 heterocycles. The van der Waals surface area contributed by atoms with Gasteiger partial charge in [0, 0.05) is 6.42 Å². The van der Waals surface area contributed by atoms with Crippen LogP contribution in [0.2, 0.25) is 0 Å². The maximum absolute atomic E-state index is 11.0. The molecule has 0 radical (unpaired) electrons. The standard InChI is InChI=1S/C13H24O2/c1-3-5-6-7-8-9-10-11-12-13(14)15-4-2/h3H,1,4-12H2,2H3. The molecule has 0 aromatic carbocycles. The zero-order valence-electron chi connectivity index (χ0n) is 9.96. The lowest BCUT2D eigenvalue weighted by Gasteiger charge is -2.01. The molecule has 0 aliphatic carbocycles. The van der Waals surface area contributed by atoms with E-state index in [1.165, 1.54) is 25.7 Å². The van der Waals surface area contributed by atoms with Crippen molar-refractivity contribution >= 4 is 5.97 Å². The molecule has 0 bridgehead atoms. The Labute approximate surface area is 93.7 Å². The normalized spacial score (nSPS) is 9.93. The van der Waals surface area contributed by atoms with Crippen molar-refractivity contribution in [3.63, 3.8) is 0 Å². The Hall–Kier alpha value is -0.790. The molecule has 2 nitrogen and oxygen atoms in total. The van der Waals surface area contributed by atoms with Crippen molar-refractivity contribution in [2.75, 3.05) is 6.61 Å². The van der Waals surface area contributed by atoms with Gasteiger partial charge in [-0.25, -0.2) is 0 Å². The minimum atomic E-state index is -0.0517. The molecule has 15 heavy (non-hydrogen) atoms. The average molecular weight is 212 g/mol. The quantitative estimate of drug-likeness (QED) is 0.312. The van der Waals surface area contributed by atoms with E-state index in [1.54, 1.807) is 0 Å². The van der Waals surface area contributed by atoms with E-state index in [0.717, 1.165) is 19.3 Å². The van der Waals surface area contributed by atoms with Crippen LogP contribution in [0.1, 0.15) is 58.3 Å². The summed E-state index contributed by atoms with van der Waals surface area (Å²) in [6.45, 7) is 6.04. The van der Waals surface area contributed by atoms with Crippen molar-refractivity contribution in [2.24, 2.45) is 0 Å². The smallest absolute Gasteiger partial charge is 0.305 e. The van der Waals surface area contributed by atoms with Crippen LogP contribution in [-0.2, 0) is 9.53 Å². The Morgan fingerprint density at radius 1 is 1.13 bits per heavy atom. The van der Waals surface area contributed by atoms with E-state index in [1.807, 2.05) is 13.0 Å². The molecular weight excluding hydrogens is 188 g/mol. The van der Waals surface area contributed by atoms with Crippen molar-refractivity contribution in [1.82, 2.24) is 0 Å². The van der Waals surface area contributed by atoms with Gasteiger partial charge in [-0.1, -0.05) is 31.8 Å². The summed E-state index contributed by atoms with van der Waals surface area (Å²) >= 11 is 0. The summed E-state index contributed by atoms with van der Waals surface area (Å²) in [5, 5.41) is 0. The Morgan fingerprint density at radius 3 is 2.33 bits per heavy atom. The predicted molar refractivity (Wildman–Crippen MR) is 63.8 cm³/mol. The highest BCUT2D eigenvalue weighted by Crippen LogP contribution is 2.09. The summed E-state index contributed by atoms with van der Waals surface area (Å²) in [7, 11) is 0. The van der Waals surface area contributed by atoms with E-state index in [4.69, 9.17) is 4.74 Å². The van der Waals surface area contributed by atoms with Gasteiger partial charge in [-0.2, -0.15) is 0 Å². The topological polar surface area (TPSA) is 26.3 Å². The van der Waals surface area contributed by atoms with Gasteiger partial charge in [-0.15, -0.1) is 6.58 Å². The number of ether oxygens (including phenoxy) is 1. The molecule has 0 atom stereocenters. The second-order valence-corrected chi connectivity index (χ2v) is 3.75. The predicted octanol–water partition coefficient (Wildman–Crippen LogP) is 3.86. The molecule has 0 saturated carbocycles. The van der Waals surface area contributed by atoms with Crippen LogP contribution in [-0.4, -0.2) is 12.6 Å². The Kier molecular flexibility index (Phi) is 10.7. The van der Waals surface area contributed by atoms with Crippen LogP contribution in [0.15, 0.2) is 12.7 Å². The summed E-state index contributed by atoms with van der Waals surface area (Å²) in [5.74, 6) is -0.0517. The van der Waals surface area contributed by atoms with E-state index in [0.29, 0.717) is 13.0 Å². The number of rotatable bonds is 10. The molecule has 0 N–H and O–H groups in total. The molecule has 0 spiro atoms. The summed E-state index contributed by atoms with van der Waals surface area (Å²) in [5.41, 5.74) is 0. The first-order valence-corrected chi connectivity index (χ1v) is 6.07. The fourth-order valence-electron chi connectivity index (χ4n) is 1.50. The Balaban J connectivity index is 3.04. The molecule has 0 saturated heterocycles. The van der Waals surface area contributed by atoms with Crippen LogP contribution in [0, 0.1) is 0 Å². The number of allylic oxidation sites excluding steroid dienone is 1. The van der Waals surface area contributed by atoms with Gasteiger partial charge < -0.3 is 4.74 Å². The number of hydrogen-bond donors (Lipinski definition) is 0. The van der Waals surface area contributed by atoms with Crippen LogP contribution >= 0.6 is 0 Å². The molecule has 88 valence electrons. The summed E-state index contributed by atoms with van der Waals surface area (Å²) in [6.07, 6.45) is 10.8. The molecular formula is C13H24O2. The van der Waals surface area contributed by atoms with Crippen LogP contribution in [0.25, 0.3) is 0 Å². The first-order chi connectivity index (χ1) is 7.31. The minimum absolute atomic E-state index is 0.0517. The van der Waals surface area contributed by atoms with Gasteiger partial charge in [0.15, 0.2) is 0 Å². The van der Waals surface area contributed by atoms with Gasteiger partial charge in [0.05, 0.1) is 6.61 Å². The van der Waals surface area contributed by atoms with E-state index < -0.39 is 0 Å². The van der Waals surface area contributed by atoms with Crippen molar-refractivity contribution in [3.05, 3.63) is 12.7 Å². The maximum atomic E-state index is 11.0. The van der Waals surface area contributed by atoms with Gasteiger partial charge in [0.2, 0.25) is 0 Å². The number of carbonyl (C=O) groups is 1. The highest BCUT2D eigenvalue weighted by atomic mass is 16.5. The third-order valence-corrected chi connectivity index (χ3v) is 2.34. The van der Waals surface area contributed by atoms with Crippen molar-refractivity contribution in [1.29, 1.82) is 0 Å². The molecule has 0 aromatic heterocycles. The van der Waals surface area contributed by atoms with E-state index >= 15 is 0 Å². The zero-order valence-corrected chi connectivity index (χ0v) is 9.96. The van der Waals surface area contributed by atoms with Crippen LogP contribution < -0.4 is 0 Å². The Bertz CT molecular complexity index is 164. The summed E-state index contributed by atoms with van der Waals surface area (Å²) < 4.78 is 4.85. The maximum Gasteiger partial charge on any atom is 0.305 e. The van der Waals surface area contributed by atoms with E-state index in [2.05, 4.69) is 6.58 Å². The molecule has 0 aliphatic heterocycles. The highest BCUT2D eigenvalue weighted by Gasteiger charge is 2.00. The van der Waals surface area contributed by atoms with Gasteiger partial charge in [0.25, 0.3) is 0 Å². The molecule has 0 fully saturated rings. The first kappa shape index (κ1) is 14.2. The fourth-order valence-corrected chi connectivity index (χ4v) is 1.50. The van der Waals surface area contributed by atoms with E-state index in [9.17, 15) is 4.79 Å². The van der Waals surface area contributed by atoms with Crippen molar-refractivity contribution in [3.8, 4) is 0 Å². The molecule has 2 heteroatoms. The van der Waals surface area contributed by atoms with Gasteiger partial charge in [0.1, 0.15) is 0 Å². The number of carbonyl (C=O) groups excluding carboxylic acids is 1. The lowest BCUT2D eigenvalue weighted by atomic mass is 10.1. The van der Waals surface area contributed by atoms with Gasteiger partial charge in [-0.3, -0.25) is 4.79 Å². The molecule has 0 unspecified atom stereocenters. The largest absolute Gasteiger partial charge is 0.466 e. The SMILES string of the molecule is C=CCCCCCCCCC(=O)OCC. The fraction of sp³-hybridized carbons (Fsp3) is 0.769. The second-order valence-electron chi connectivity index (χ2n) is 3.75. The van der Waals surface area contributed by atoms with Crippen LogP contribution in [0.4, 0.5) is 0 Å². The third kappa shape index (κ3) is 11.1. The molecule has 0 aromatic rings. The number of hydrogen-bond acceptors (Lipinski definition) is 2. The first-order valence-electron chi connectivity index (χ1n) is 6.07. The molecule has 0 amide bonds. The van der Waals surface area contributed by atoms with Crippen molar-refractivity contribution < 1.29 is 9.53 Å². The minimum Gasteiger partial charge on any atom is -0.466 e. The van der Waals surface area contributed by atoms with E-state index in [-0.39, 0.29) is 5.97 Å². The highest BCUT2D eigenvalue weighted by molar-refractivity contribution is 5.69. The zero-order chi connectivity index (χ0) is 11.4. The Morgan fingerprint density at radius 2 is 1.73 bits per heavy atom. The third-order valence-electron chi connectivity index (χ3n) is 2.34. The van der Waals surface area contributed by atoms with Crippen LogP contribution in [0.5, 0.6) is 0 Å². The lowest BCUT2D eigenvalue weighted by molar-refractivity contribution is -0.143. The molecule has 0 rings (SSSR count). The average Bonchev–Trinajstić information content (AvgIpc) is 2.22. The monoisotopic (exact) mass is 212 g/mol. The number of unbranched alkanes of at least 4 members (excludes halogenated alkanes) is 6. The van der Waals surface area contributed by atoms with Crippen LogP contribution in [0.3, 0.4) is 0 Å². The molecule has 0 aliphatic rings. The summed E-state index contributed by atoms with van der Waals surface area (Å²) in [4.78, 5) is 11.0. The number of esters is 1. The van der Waals surface area contributed by atoms with Crippen molar-refractivity contribution in [2.45, 2.75) is 58.3 Å². The van der Waals surface area contributed by atoms with Gasteiger partial charge in [-0.05, 0) is 26.2 Å².